The van der Waals surface area contributed by atoms with Gasteiger partial charge in [0.05, 0.1) is 10.6 Å². The summed E-state index contributed by atoms with van der Waals surface area (Å²) in [7, 11) is 1.49. The number of hydrogen-bond donors (Lipinski definition) is 1. The van der Waals surface area contributed by atoms with Gasteiger partial charge in [0.1, 0.15) is 12.3 Å². The number of thiophene rings is 1. The van der Waals surface area contributed by atoms with Gasteiger partial charge < -0.3 is 10.1 Å². The Bertz CT molecular complexity index is 551. The Hall–Kier alpha value is -1.72. The zero-order chi connectivity index (χ0) is 13.0. The van der Waals surface area contributed by atoms with Gasteiger partial charge in [0.25, 0.3) is 0 Å². The van der Waals surface area contributed by atoms with Crippen LogP contribution in [0.3, 0.4) is 0 Å². The van der Waals surface area contributed by atoms with E-state index < -0.39 is 0 Å². The molecule has 0 aromatic carbocycles. The van der Waals surface area contributed by atoms with Crippen LogP contribution in [0.5, 0.6) is 0 Å². The van der Waals surface area contributed by atoms with Crippen LogP contribution in [0, 0.1) is 6.92 Å². The predicted octanol–water partition coefficient (Wildman–Crippen LogP) is 2.70. The minimum Gasteiger partial charge on any atom is -0.375 e. The molecule has 0 spiro atoms. The van der Waals surface area contributed by atoms with Gasteiger partial charge in [-0.15, -0.1) is 11.3 Å². The molecule has 2 aromatic heterocycles. The van der Waals surface area contributed by atoms with Crippen LogP contribution < -0.4 is 5.32 Å². The largest absolute Gasteiger partial charge is 0.375 e. The van der Waals surface area contributed by atoms with E-state index in [1.54, 1.807) is 23.6 Å². The lowest BCUT2D eigenvalue weighted by Gasteiger charge is -2.08. The second kappa shape index (κ2) is 5.75. The highest BCUT2D eigenvalue weighted by Gasteiger charge is 2.10. The standard InChI is InChI=1S/C13H14N2O2S/c1-9-5-6-11(18-9)13-10(4-3-7-14-13)15-12(16)8-17-2/h3-7H,8H2,1-2H3,(H,15,16). The number of amides is 1. The maximum absolute atomic E-state index is 11.5. The highest BCUT2D eigenvalue weighted by atomic mass is 32.1. The third-order valence-electron chi connectivity index (χ3n) is 2.33. The lowest BCUT2D eigenvalue weighted by molar-refractivity contribution is -0.119. The third kappa shape index (κ3) is 2.94. The molecule has 2 rings (SSSR count). The van der Waals surface area contributed by atoms with Crippen molar-refractivity contribution in [1.29, 1.82) is 0 Å². The van der Waals surface area contributed by atoms with E-state index in [0.717, 1.165) is 10.6 Å². The Morgan fingerprint density at radius 3 is 2.94 bits per heavy atom. The van der Waals surface area contributed by atoms with Crippen molar-refractivity contribution in [1.82, 2.24) is 4.98 Å². The number of hydrogen-bond acceptors (Lipinski definition) is 4. The molecule has 2 heterocycles. The lowest BCUT2D eigenvalue weighted by atomic mass is 10.2. The number of pyridine rings is 1. The molecular weight excluding hydrogens is 248 g/mol. The van der Waals surface area contributed by atoms with Crippen LogP contribution in [0.4, 0.5) is 5.69 Å². The van der Waals surface area contributed by atoms with Crippen molar-refractivity contribution >= 4 is 22.9 Å². The SMILES string of the molecule is COCC(=O)Nc1cccnc1-c1ccc(C)s1. The lowest BCUT2D eigenvalue weighted by Crippen LogP contribution is -2.17. The molecule has 5 heteroatoms. The number of anilines is 1. The van der Waals surface area contributed by atoms with Crippen molar-refractivity contribution in [3.05, 3.63) is 35.3 Å². The molecule has 0 radical (unpaired) electrons. The summed E-state index contributed by atoms with van der Waals surface area (Å²) in [6.45, 7) is 2.08. The second-order valence-corrected chi connectivity index (χ2v) is 5.08. The van der Waals surface area contributed by atoms with Gasteiger partial charge in [0.2, 0.25) is 5.91 Å². The Morgan fingerprint density at radius 2 is 2.28 bits per heavy atom. The topological polar surface area (TPSA) is 51.2 Å². The zero-order valence-electron chi connectivity index (χ0n) is 10.3. The molecule has 0 aliphatic rings. The summed E-state index contributed by atoms with van der Waals surface area (Å²) in [4.78, 5) is 18.1. The molecule has 2 aromatic rings. The van der Waals surface area contributed by atoms with Crippen molar-refractivity contribution in [3.8, 4) is 10.6 Å². The van der Waals surface area contributed by atoms with E-state index in [0.29, 0.717) is 5.69 Å². The van der Waals surface area contributed by atoms with Gasteiger partial charge in [0, 0.05) is 18.2 Å². The molecule has 18 heavy (non-hydrogen) atoms. The highest BCUT2D eigenvalue weighted by Crippen LogP contribution is 2.31. The van der Waals surface area contributed by atoms with Gasteiger partial charge in [-0.25, -0.2) is 0 Å². The molecule has 0 fully saturated rings. The molecule has 0 aliphatic carbocycles. The molecule has 4 nitrogen and oxygen atoms in total. The number of nitrogens with one attached hydrogen (secondary N) is 1. The Kier molecular flexibility index (Phi) is 4.07. The van der Waals surface area contributed by atoms with Crippen LogP contribution in [0.15, 0.2) is 30.5 Å². The van der Waals surface area contributed by atoms with E-state index in [1.807, 2.05) is 25.1 Å². The number of nitrogens with zero attached hydrogens (tertiary/aromatic N) is 1. The Labute approximate surface area is 110 Å². The van der Waals surface area contributed by atoms with Gasteiger partial charge in [-0.3, -0.25) is 9.78 Å². The fraction of sp³-hybridized carbons (Fsp3) is 0.231. The van der Waals surface area contributed by atoms with Gasteiger partial charge in [0.15, 0.2) is 0 Å². The van der Waals surface area contributed by atoms with Crippen LogP contribution in [-0.2, 0) is 9.53 Å². The van der Waals surface area contributed by atoms with E-state index in [4.69, 9.17) is 4.74 Å². The van der Waals surface area contributed by atoms with Crippen LogP contribution in [0.1, 0.15) is 4.88 Å². The molecule has 94 valence electrons. The van der Waals surface area contributed by atoms with Gasteiger partial charge in [-0.2, -0.15) is 0 Å². The maximum atomic E-state index is 11.5. The average Bonchev–Trinajstić information content (AvgIpc) is 2.77. The number of ether oxygens (including phenoxy) is 1. The molecule has 0 atom stereocenters. The van der Waals surface area contributed by atoms with Crippen molar-refractivity contribution in [2.45, 2.75) is 6.92 Å². The number of aryl methyl sites for hydroxylation is 1. The van der Waals surface area contributed by atoms with E-state index in [-0.39, 0.29) is 12.5 Å². The maximum Gasteiger partial charge on any atom is 0.250 e. The molecular formula is C13H14N2O2S. The summed E-state index contributed by atoms with van der Waals surface area (Å²) < 4.78 is 4.80. The smallest absolute Gasteiger partial charge is 0.250 e. The van der Waals surface area contributed by atoms with Crippen LogP contribution in [0.2, 0.25) is 0 Å². The molecule has 0 aliphatic heterocycles. The van der Waals surface area contributed by atoms with E-state index in [9.17, 15) is 4.79 Å². The first-order valence-corrected chi connectivity index (χ1v) is 6.33. The number of aromatic nitrogens is 1. The highest BCUT2D eigenvalue weighted by molar-refractivity contribution is 7.15. The molecule has 1 amide bonds. The fourth-order valence-electron chi connectivity index (χ4n) is 1.58. The zero-order valence-corrected chi connectivity index (χ0v) is 11.1. The number of rotatable bonds is 4. The Morgan fingerprint density at radius 1 is 1.44 bits per heavy atom. The third-order valence-corrected chi connectivity index (χ3v) is 3.34. The quantitative estimate of drug-likeness (QED) is 0.921. The van der Waals surface area contributed by atoms with Crippen LogP contribution >= 0.6 is 11.3 Å². The predicted molar refractivity (Wildman–Crippen MR) is 72.8 cm³/mol. The van der Waals surface area contributed by atoms with Crippen molar-refractivity contribution in [2.24, 2.45) is 0 Å². The summed E-state index contributed by atoms with van der Waals surface area (Å²) in [6, 6.07) is 7.68. The molecule has 0 bridgehead atoms. The van der Waals surface area contributed by atoms with Crippen LogP contribution in [0.25, 0.3) is 10.6 Å². The summed E-state index contributed by atoms with van der Waals surface area (Å²) in [5.41, 5.74) is 1.50. The van der Waals surface area contributed by atoms with Crippen molar-refractivity contribution < 1.29 is 9.53 Å². The first-order valence-electron chi connectivity index (χ1n) is 5.51. The minimum absolute atomic E-state index is 0.0395. The van der Waals surface area contributed by atoms with Gasteiger partial charge >= 0.3 is 0 Å². The minimum atomic E-state index is -0.181. The summed E-state index contributed by atoms with van der Waals surface area (Å²) in [5, 5.41) is 2.80. The van der Waals surface area contributed by atoms with Gasteiger partial charge in [-0.1, -0.05) is 0 Å². The summed E-state index contributed by atoms with van der Waals surface area (Å²) >= 11 is 1.65. The average molecular weight is 262 g/mol. The van der Waals surface area contributed by atoms with Crippen molar-refractivity contribution in [2.75, 3.05) is 19.0 Å². The van der Waals surface area contributed by atoms with Crippen LogP contribution in [-0.4, -0.2) is 24.6 Å². The van der Waals surface area contributed by atoms with Crippen molar-refractivity contribution in [3.63, 3.8) is 0 Å². The van der Waals surface area contributed by atoms with E-state index >= 15 is 0 Å². The molecule has 0 saturated carbocycles. The first-order chi connectivity index (χ1) is 8.70. The number of carbonyl (C=O) groups excluding carboxylic acids is 1. The normalized spacial score (nSPS) is 10.3. The number of methoxy groups -OCH3 is 1. The number of carbonyl (C=O) groups is 1. The first kappa shape index (κ1) is 12.7. The van der Waals surface area contributed by atoms with E-state index in [2.05, 4.69) is 10.3 Å². The molecule has 0 unspecified atom stereocenters. The summed E-state index contributed by atoms with van der Waals surface area (Å²) in [5.74, 6) is -0.181. The van der Waals surface area contributed by atoms with Gasteiger partial charge in [-0.05, 0) is 31.2 Å². The fourth-order valence-corrected chi connectivity index (χ4v) is 2.46. The van der Waals surface area contributed by atoms with E-state index in [1.165, 1.54) is 12.0 Å². The summed E-state index contributed by atoms with van der Waals surface area (Å²) in [6.07, 6.45) is 1.72. The second-order valence-electron chi connectivity index (χ2n) is 3.79. The molecule has 0 saturated heterocycles. The monoisotopic (exact) mass is 262 g/mol. The Balaban J connectivity index is 2.28. The molecule has 1 N–H and O–H groups in total.